The molecule has 0 radical (unpaired) electrons. The van der Waals surface area contributed by atoms with Gasteiger partial charge in [0, 0.05) is 0 Å². The molecule has 0 saturated carbocycles. The molecule has 3 aromatic heterocycles. The van der Waals surface area contributed by atoms with Crippen molar-refractivity contribution in [2.75, 3.05) is 0 Å². The van der Waals surface area contributed by atoms with Gasteiger partial charge in [-0.05, 0) is 36.4 Å². The van der Waals surface area contributed by atoms with E-state index in [1.54, 1.807) is 35.3 Å². The third kappa shape index (κ3) is 4.85. The Balaban J connectivity index is 0.000000753. The fraction of sp³-hybridized carbons (Fsp3) is 0. The third-order valence-corrected chi connectivity index (χ3v) is 5.34. The number of aromatic nitrogens is 3. The minimum absolute atomic E-state index is 0.950. The largest absolute Gasteiger partial charge is 0.234 e. The summed E-state index contributed by atoms with van der Waals surface area (Å²) >= 11 is 10.3. The van der Waals surface area contributed by atoms with E-state index in [1.807, 2.05) is 54.6 Å². The second-order valence-electron chi connectivity index (χ2n) is 4.25. The van der Waals surface area contributed by atoms with E-state index in [0.717, 1.165) is 30.2 Å². The van der Waals surface area contributed by atoms with Crippen LogP contribution in [0.3, 0.4) is 0 Å². The zero-order valence-electron chi connectivity index (χ0n) is 11.4. The summed E-state index contributed by atoms with van der Waals surface area (Å²) in [5, 5.41) is 5.70. The summed E-state index contributed by atoms with van der Waals surface area (Å²) in [6.07, 6.45) is 0. The average Bonchev–Trinajstić information content (AvgIpc) is 2.57. The summed E-state index contributed by atoms with van der Waals surface area (Å²) in [7, 11) is 0. The molecule has 0 unspecified atom stereocenters. The Morgan fingerprint density at radius 3 is 0.957 bits per heavy atom. The van der Waals surface area contributed by atoms with Crippen molar-refractivity contribution in [3.8, 4) is 0 Å². The first-order valence-corrected chi connectivity index (χ1v) is 12.3. The van der Waals surface area contributed by atoms with Gasteiger partial charge in [0.2, 0.25) is 0 Å². The number of pyridine rings is 3. The molecule has 0 aliphatic carbocycles. The SMILES string of the molecule is [Br][Ag].c1cc2nc(c1)Sc1cccc(n1)Sc1cccc(n1)S2. The second kappa shape index (κ2) is 8.71. The molecule has 6 bridgehead atoms. The summed E-state index contributed by atoms with van der Waals surface area (Å²) in [4.78, 5) is 14.0. The zero-order chi connectivity index (χ0) is 16.1. The van der Waals surface area contributed by atoms with Crippen LogP contribution in [-0.4, -0.2) is 15.0 Å². The van der Waals surface area contributed by atoms with Crippen molar-refractivity contribution in [1.29, 1.82) is 0 Å². The van der Waals surface area contributed by atoms with Gasteiger partial charge in [0.05, 0.1) is 0 Å². The van der Waals surface area contributed by atoms with E-state index >= 15 is 0 Å². The van der Waals surface area contributed by atoms with Crippen LogP contribution < -0.4 is 0 Å². The summed E-state index contributed by atoms with van der Waals surface area (Å²) < 4.78 is 0. The van der Waals surface area contributed by atoms with E-state index in [1.165, 1.54) is 0 Å². The van der Waals surface area contributed by atoms with Gasteiger partial charge in [0.1, 0.15) is 30.2 Å². The first-order valence-electron chi connectivity index (χ1n) is 6.41. The van der Waals surface area contributed by atoms with Gasteiger partial charge < -0.3 is 0 Å². The van der Waals surface area contributed by atoms with Crippen LogP contribution in [0.4, 0.5) is 0 Å². The molecule has 8 heteroatoms. The number of hydrogen-bond acceptors (Lipinski definition) is 6. The molecule has 0 spiro atoms. The second-order valence-corrected chi connectivity index (χ2v) is 7.37. The molecule has 0 saturated heterocycles. The number of fused-ring (bicyclic) bond motifs is 6. The molecular formula is C15H9AgBrN3S3. The maximum atomic E-state index is 4.65. The molecule has 23 heavy (non-hydrogen) atoms. The van der Waals surface area contributed by atoms with Gasteiger partial charge in [-0.25, -0.2) is 15.0 Å². The predicted molar refractivity (Wildman–Crippen MR) is 94.0 cm³/mol. The number of nitrogens with zero attached hydrogens (tertiary/aromatic N) is 3. The molecule has 1 aliphatic heterocycles. The maximum Gasteiger partial charge on any atom is 0.104 e. The summed E-state index contributed by atoms with van der Waals surface area (Å²) in [6, 6.07) is 18.1. The van der Waals surface area contributed by atoms with Crippen molar-refractivity contribution in [1.82, 2.24) is 15.0 Å². The summed E-state index contributed by atoms with van der Waals surface area (Å²) in [5.41, 5.74) is 0. The topological polar surface area (TPSA) is 38.7 Å². The Kier molecular flexibility index (Phi) is 6.64. The van der Waals surface area contributed by atoms with Gasteiger partial charge in [-0.15, -0.1) is 0 Å². The van der Waals surface area contributed by atoms with Gasteiger partial charge in [0.25, 0.3) is 0 Å². The van der Waals surface area contributed by atoms with Gasteiger partial charge in [0.15, 0.2) is 0 Å². The van der Waals surface area contributed by atoms with Gasteiger partial charge in [-0.2, -0.15) is 0 Å². The van der Waals surface area contributed by atoms with Crippen LogP contribution in [0.2, 0.25) is 0 Å². The number of halogens is 1. The Labute approximate surface area is 165 Å². The van der Waals surface area contributed by atoms with Crippen LogP contribution in [0.1, 0.15) is 0 Å². The molecule has 0 fully saturated rings. The van der Waals surface area contributed by atoms with Crippen molar-refractivity contribution in [3.63, 3.8) is 0 Å². The molecule has 0 atom stereocenters. The normalized spacial score (nSPS) is 12.3. The fourth-order valence-corrected chi connectivity index (χ4v) is 4.41. The monoisotopic (exact) mass is 513 g/mol. The molecule has 120 valence electrons. The van der Waals surface area contributed by atoms with Crippen molar-refractivity contribution < 1.29 is 18.9 Å². The third-order valence-electron chi connectivity index (χ3n) is 2.72. The Hall–Kier alpha value is -0.280. The smallest absolute Gasteiger partial charge is 0.104 e. The van der Waals surface area contributed by atoms with Crippen molar-refractivity contribution in [3.05, 3.63) is 54.6 Å². The molecule has 0 aromatic carbocycles. The van der Waals surface area contributed by atoms with E-state index in [-0.39, 0.29) is 0 Å². The summed E-state index contributed by atoms with van der Waals surface area (Å²) in [5.74, 6) is 0. The van der Waals surface area contributed by atoms with Gasteiger partial charge in [-0.3, -0.25) is 0 Å². The zero-order valence-corrected chi connectivity index (χ0v) is 17.0. The van der Waals surface area contributed by atoms with Crippen molar-refractivity contribution in [2.24, 2.45) is 0 Å². The van der Waals surface area contributed by atoms with E-state index < -0.39 is 0 Å². The van der Waals surface area contributed by atoms with Gasteiger partial charge in [-0.1, -0.05) is 53.5 Å². The summed E-state index contributed by atoms with van der Waals surface area (Å²) in [6.45, 7) is 0. The van der Waals surface area contributed by atoms with Crippen molar-refractivity contribution >= 4 is 48.3 Å². The first kappa shape index (κ1) is 17.5. The molecule has 3 aromatic rings. The minimum atomic E-state index is 0.950. The van der Waals surface area contributed by atoms with E-state index in [4.69, 9.17) is 0 Å². The van der Waals surface area contributed by atoms with Crippen molar-refractivity contribution in [2.45, 2.75) is 30.2 Å². The van der Waals surface area contributed by atoms with E-state index in [9.17, 15) is 0 Å². The van der Waals surface area contributed by atoms with E-state index in [0.29, 0.717) is 0 Å². The molecular weight excluding hydrogens is 506 g/mol. The molecule has 4 rings (SSSR count). The fourth-order valence-electron chi connectivity index (χ4n) is 1.85. The molecule has 0 N–H and O–H groups in total. The predicted octanol–water partition coefficient (Wildman–Crippen LogP) is 5.48. The molecule has 3 nitrogen and oxygen atoms in total. The first-order chi connectivity index (χ1) is 11.3. The van der Waals surface area contributed by atoms with E-state index in [2.05, 4.69) is 46.9 Å². The van der Waals surface area contributed by atoms with Crippen LogP contribution in [0.15, 0.2) is 84.8 Å². The Morgan fingerprint density at radius 2 is 0.739 bits per heavy atom. The standard InChI is InChI=1S/C15H9N3S3.Ag.BrH/c1-4-10-16-11(5-1)20-13-7-3-9-15(18-13)21-14-8-2-6-12(17-14)19-10;;/h1-9H;;1H/q;+1;/p-1. The number of rotatable bonds is 0. The van der Waals surface area contributed by atoms with Crippen LogP contribution in [0, 0.1) is 0 Å². The van der Waals surface area contributed by atoms with Gasteiger partial charge >= 0.3 is 32.0 Å². The molecule has 0 amide bonds. The quantitative estimate of drug-likeness (QED) is 0.289. The Morgan fingerprint density at radius 1 is 0.522 bits per heavy atom. The Bertz CT molecular complexity index is 659. The van der Waals surface area contributed by atoms with Crippen LogP contribution in [-0.2, 0) is 18.9 Å². The maximum absolute atomic E-state index is 4.65. The van der Waals surface area contributed by atoms with Crippen LogP contribution >= 0.6 is 48.3 Å². The van der Waals surface area contributed by atoms with Crippen LogP contribution in [0.25, 0.3) is 0 Å². The number of hydrogen-bond donors (Lipinski definition) is 0. The van der Waals surface area contributed by atoms with Crippen LogP contribution in [0.5, 0.6) is 0 Å². The molecule has 1 aliphatic rings. The molecule has 4 heterocycles. The average molecular weight is 515 g/mol. The minimum Gasteiger partial charge on any atom is -0.234 e.